The summed E-state index contributed by atoms with van der Waals surface area (Å²) >= 11 is 0. The largest absolute Gasteiger partial charge is 0.466 e. The Bertz CT molecular complexity index is 360. The fraction of sp³-hybridized carbons (Fsp3) is 0.667. The van der Waals surface area contributed by atoms with Crippen LogP contribution in [0.15, 0.2) is 24.3 Å². The van der Waals surface area contributed by atoms with Crippen LogP contribution in [0.4, 0.5) is 0 Å². The van der Waals surface area contributed by atoms with Gasteiger partial charge in [0.1, 0.15) is 0 Å². The molecule has 2 aliphatic rings. The van der Waals surface area contributed by atoms with E-state index in [0.29, 0.717) is 13.2 Å². The van der Waals surface area contributed by atoms with Crippen LogP contribution in [0.1, 0.15) is 52.4 Å². The lowest BCUT2D eigenvalue weighted by molar-refractivity contribution is -0.149. The lowest BCUT2D eigenvalue weighted by atomic mass is 9.95. The van der Waals surface area contributed by atoms with Crippen molar-refractivity contribution in [2.45, 2.75) is 52.4 Å². The van der Waals surface area contributed by atoms with E-state index in [-0.39, 0.29) is 23.8 Å². The van der Waals surface area contributed by atoms with Crippen LogP contribution in [0.25, 0.3) is 0 Å². The molecule has 0 heterocycles. The highest BCUT2D eigenvalue weighted by Gasteiger charge is 2.19. The quantitative estimate of drug-likeness (QED) is 0.585. The van der Waals surface area contributed by atoms with Crippen molar-refractivity contribution in [2.24, 2.45) is 11.8 Å². The molecule has 124 valence electrons. The fourth-order valence-corrected chi connectivity index (χ4v) is 2.54. The maximum absolute atomic E-state index is 11.1. The molecular formula is C18H28O4. The minimum atomic E-state index is -0.0307. The van der Waals surface area contributed by atoms with Crippen LogP contribution in [0.2, 0.25) is 0 Å². The van der Waals surface area contributed by atoms with E-state index in [1.165, 1.54) is 0 Å². The summed E-state index contributed by atoms with van der Waals surface area (Å²) in [5.41, 5.74) is 0. The van der Waals surface area contributed by atoms with Crippen LogP contribution in [0.5, 0.6) is 0 Å². The molecule has 0 saturated heterocycles. The third kappa shape index (κ3) is 6.92. The third-order valence-electron chi connectivity index (χ3n) is 3.78. The van der Waals surface area contributed by atoms with Crippen molar-refractivity contribution < 1.29 is 19.1 Å². The second-order valence-electron chi connectivity index (χ2n) is 5.47. The zero-order valence-electron chi connectivity index (χ0n) is 13.8. The molecule has 0 bridgehead atoms. The number of hydrogen-bond acceptors (Lipinski definition) is 4. The van der Waals surface area contributed by atoms with Gasteiger partial charge in [0.15, 0.2) is 0 Å². The van der Waals surface area contributed by atoms with Crippen LogP contribution in [0.3, 0.4) is 0 Å². The van der Waals surface area contributed by atoms with Gasteiger partial charge in [-0.2, -0.15) is 0 Å². The molecule has 0 aromatic rings. The van der Waals surface area contributed by atoms with Crippen molar-refractivity contribution in [3.8, 4) is 0 Å². The van der Waals surface area contributed by atoms with Gasteiger partial charge < -0.3 is 9.47 Å². The molecule has 0 aliphatic heterocycles. The van der Waals surface area contributed by atoms with Gasteiger partial charge in [-0.1, -0.05) is 24.3 Å². The van der Waals surface area contributed by atoms with E-state index < -0.39 is 0 Å². The van der Waals surface area contributed by atoms with Crippen molar-refractivity contribution in [3.63, 3.8) is 0 Å². The number of rotatable bonds is 4. The van der Waals surface area contributed by atoms with E-state index >= 15 is 0 Å². The molecule has 4 heteroatoms. The molecule has 2 atom stereocenters. The van der Waals surface area contributed by atoms with E-state index in [4.69, 9.17) is 9.47 Å². The van der Waals surface area contributed by atoms with Gasteiger partial charge in [-0.25, -0.2) is 0 Å². The molecule has 4 nitrogen and oxygen atoms in total. The number of allylic oxidation sites excluding steroid dienone is 4. The van der Waals surface area contributed by atoms with Gasteiger partial charge in [0.05, 0.1) is 25.0 Å². The minimum Gasteiger partial charge on any atom is -0.466 e. The number of carbonyl (C=O) groups excluding carboxylic acids is 2. The van der Waals surface area contributed by atoms with E-state index in [1.807, 2.05) is 13.8 Å². The molecular weight excluding hydrogens is 280 g/mol. The van der Waals surface area contributed by atoms with Crippen molar-refractivity contribution >= 4 is 11.9 Å². The lowest BCUT2D eigenvalue weighted by Crippen LogP contribution is -2.18. The number of esters is 2. The highest BCUT2D eigenvalue weighted by Crippen LogP contribution is 2.19. The summed E-state index contributed by atoms with van der Waals surface area (Å²) in [7, 11) is 0. The third-order valence-corrected chi connectivity index (χ3v) is 3.78. The molecule has 2 rings (SSSR count). The molecule has 1 unspecified atom stereocenters. The Labute approximate surface area is 133 Å². The normalized spacial score (nSPS) is 23.2. The molecule has 2 aliphatic carbocycles. The molecule has 22 heavy (non-hydrogen) atoms. The fourth-order valence-electron chi connectivity index (χ4n) is 2.54. The summed E-state index contributed by atoms with van der Waals surface area (Å²) in [6, 6.07) is 0. The van der Waals surface area contributed by atoms with Gasteiger partial charge in [0.25, 0.3) is 0 Å². The zero-order valence-corrected chi connectivity index (χ0v) is 13.8. The molecule has 0 saturated carbocycles. The topological polar surface area (TPSA) is 52.6 Å². The average molecular weight is 308 g/mol. The Morgan fingerprint density at radius 3 is 1.50 bits per heavy atom. The number of carbonyl (C=O) groups is 2. The Balaban J connectivity index is 0.000000220. The Hall–Kier alpha value is -1.58. The van der Waals surface area contributed by atoms with Crippen molar-refractivity contribution in [3.05, 3.63) is 24.3 Å². The van der Waals surface area contributed by atoms with Crippen LogP contribution in [-0.4, -0.2) is 25.2 Å². The second-order valence-corrected chi connectivity index (χ2v) is 5.47. The van der Waals surface area contributed by atoms with Gasteiger partial charge in [0, 0.05) is 0 Å². The summed E-state index contributed by atoms with van der Waals surface area (Å²) in [5, 5.41) is 0. The zero-order chi connectivity index (χ0) is 16.2. The molecule has 0 fully saturated rings. The first kappa shape index (κ1) is 18.5. The molecule has 0 aromatic heterocycles. The molecule has 0 aromatic carbocycles. The van der Waals surface area contributed by atoms with Crippen LogP contribution >= 0.6 is 0 Å². The Morgan fingerprint density at radius 1 is 0.818 bits per heavy atom. The van der Waals surface area contributed by atoms with Crippen molar-refractivity contribution in [1.29, 1.82) is 0 Å². The number of ether oxygens (including phenoxy) is 2. The predicted octanol–water partition coefficient (Wildman–Crippen LogP) is 3.81. The molecule has 0 amide bonds. The minimum absolute atomic E-state index is 0.0307. The van der Waals surface area contributed by atoms with Crippen LogP contribution in [-0.2, 0) is 19.1 Å². The summed E-state index contributed by atoms with van der Waals surface area (Å²) in [6.07, 6.45) is 14.0. The monoisotopic (exact) mass is 308 g/mol. The standard InChI is InChI=1S/2C9H14O2/c2*1-2-11-9(10)8-6-4-3-5-7-8/h2*3-4,8H,2,5-7H2,1H3/t8-;/m0./s1. The van der Waals surface area contributed by atoms with E-state index in [9.17, 15) is 9.59 Å². The Kier molecular flexibility index (Phi) is 9.28. The summed E-state index contributed by atoms with van der Waals surface area (Å²) in [5.74, 6) is 0.189. The average Bonchev–Trinajstić information content (AvgIpc) is 2.57. The molecule has 0 radical (unpaired) electrons. The van der Waals surface area contributed by atoms with Crippen LogP contribution in [0, 0.1) is 11.8 Å². The maximum Gasteiger partial charge on any atom is 0.309 e. The summed E-state index contributed by atoms with van der Waals surface area (Å²) in [4.78, 5) is 22.3. The first-order valence-corrected chi connectivity index (χ1v) is 8.32. The van der Waals surface area contributed by atoms with Gasteiger partial charge >= 0.3 is 11.9 Å². The first-order valence-electron chi connectivity index (χ1n) is 8.32. The van der Waals surface area contributed by atoms with Crippen LogP contribution < -0.4 is 0 Å². The highest BCUT2D eigenvalue weighted by molar-refractivity contribution is 5.73. The van der Waals surface area contributed by atoms with E-state index in [1.54, 1.807) is 0 Å². The van der Waals surface area contributed by atoms with E-state index in [2.05, 4.69) is 24.3 Å². The summed E-state index contributed by atoms with van der Waals surface area (Å²) in [6.45, 7) is 4.69. The van der Waals surface area contributed by atoms with Gasteiger partial charge in [-0.3, -0.25) is 9.59 Å². The van der Waals surface area contributed by atoms with Gasteiger partial charge in [-0.15, -0.1) is 0 Å². The SMILES string of the molecule is CCOC(=O)C1CC=CCC1.CCOC(=O)[C@H]1CC=CCC1. The molecule has 0 N–H and O–H groups in total. The summed E-state index contributed by atoms with van der Waals surface area (Å²) < 4.78 is 9.82. The Morgan fingerprint density at radius 2 is 1.23 bits per heavy atom. The molecule has 0 spiro atoms. The highest BCUT2D eigenvalue weighted by atomic mass is 16.5. The maximum atomic E-state index is 11.1. The number of hydrogen-bond donors (Lipinski definition) is 0. The van der Waals surface area contributed by atoms with Crippen molar-refractivity contribution in [2.75, 3.05) is 13.2 Å². The second kappa shape index (κ2) is 11.0. The van der Waals surface area contributed by atoms with Crippen molar-refractivity contribution in [1.82, 2.24) is 0 Å². The first-order chi connectivity index (χ1) is 10.7. The lowest BCUT2D eigenvalue weighted by Gasteiger charge is -2.15. The van der Waals surface area contributed by atoms with E-state index in [0.717, 1.165) is 38.5 Å². The van der Waals surface area contributed by atoms with Gasteiger partial charge in [-0.05, 0) is 52.4 Å². The predicted molar refractivity (Wildman–Crippen MR) is 86.2 cm³/mol. The smallest absolute Gasteiger partial charge is 0.309 e. The van der Waals surface area contributed by atoms with Gasteiger partial charge in [0.2, 0.25) is 0 Å².